The van der Waals surface area contributed by atoms with Gasteiger partial charge in [0.05, 0.1) is 12.2 Å². The van der Waals surface area contributed by atoms with Gasteiger partial charge in [-0.2, -0.15) is 0 Å². The van der Waals surface area contributed by atoms with Gasteiger partial charge in [0.1, 0.15) is 0 Å². The number of rotatable bonds is 5. The van der Waals surface area contributed by atoms with E-state index in [0.29, 0.717) is 18.2 Å². The molecule has 0 aliphatic carbocycles. The molecule has 0 aromatic carbocycles. The third-order valence-electron chi connectivity index (χ3n) is 2.50. The van der Waals surface area contributed by atoms with Crippen LogP contribution in [0.4, 0.5) is 0 Å². The van der Waals surface area contributed by atoms with E-state index >= 15 is 0 Å². The van der Waals surface area contributed by atoms with Crippen molar-refractivity contribution in [2.75, 3.05) is 18.6 Å². The van der Waals surface area contributed by atoms with E-state index in [2.05, 4.69) is 19.2 Å². The third-order valence-corrected chi connectivity index (χ3v) is 3.47. The molecule has 1 rings (SSSR count). The lowest BCUT2D eigenvalue weighted by molar-refractivity contribution is 0.0550. The number of nitrogens with one attached hydrogen (secondary N) is 1. The van der Waals surface area contributed by atoms with Crippen LogP contribution in [-0.4, -0.2) is 41.0 Å². The van der Waals surface area contributed by atoms with Crippen LogP contribution >= 0.6 is 0 Å². The third kappa shape index (κ3) is 4.53. The smallest absolute Gasteiger partial charge is 0.0704 e. The lowest BCUT2D eigenvalue weighted by atomic mass is 10.2. The lowest BCUT2D eigenvalue weighted by Gasteiger charge is -2.16. The van der Waals surface area contributed by atoms with Crippen molar-refractivity contribution in [2.24, 2.45) is 0 Å². The van der Waals surface area contributed by atoms with Crippen molar-refractivity contribution in [1.29, 1.82) is 0 Å². The van der Waals surface area contributed by atoms with Gasteiger partial charge in [-0.3, -0.25) is 4.21 Å². The fraction of sp³-hybridized carbons (Fsp3) is 1.00. The molecule has 0 saturated carbocycles. The standard InChI is InChI=1S/C10H21NO2S/c1-8(7-14(3)12)11-6-10-5-4-9(2)13-10/h8-11H,4-7H2,1-3H3. The molecule has 1 aliphatic heterocycles. The van der Waals surface area contributed by atoms with Crippen LogP contribution < -0.4 is 5.32 Å². The second-order valence-electron chi connectivity index (χ2n) is 4.20. The molecule has 0 aromatic heterocycles. The minimum absolute atomic E-state index is 0.320. The highest BCUT2D eigenvalue weighted by Crippen LogP contribution is 2.18. The molecule has 84 valence electrons. The first-order valence-corrected chi connectivity index (χ1v) is 6.99. The molecule has 0 bridgehead atoms. The minimum Gasteiger partial charge on any atom is -0.374 e. The zero-order valence-electron chi connectivity index (χ0n) is 9.29. The molecule has 14 heavy (non-hydrogen) atoms. The van der Waals surface area contributed by atoms with Crippen molar-refractivity contribution in [1.82, 2.24) is 5.32 Å². The largest absolute Gasteiger partial charge is 0.374 e. The summed E-state index contributed by atoms with van der Waals surface area (Å²) in [5, 5.41) is 3.36. The molecular weight excluding hydrogens is 198 g/mol. The first-order valence-electron chi connectivity index (χ1n) is 5.26. The average molecular weight is 219 g/mol. The van der Waals surface area contributed by atoms with Crippen LogP contribution in [0.5, 0.6) is 0 Å². The molecule has 0 aromatic rings. The van der Waals surface area contributed by atoms with Gasteiger partial charge in [0.15, 0.2) is 0 Å². The van der Waals surface area contributed by atoms with Crippen LogP contribution in [0.3, 0.4) is 0 Å². The molecular formula is C10H21NO2S. The van der Waals surface area contributed by atoms with E-state index in [4.69, 9.17) is 4.74 Å². The number of hydrogen-bond acceptors (Lipinski definition) is 3. The van der Waals surface area contributed by atoms with E-state index in [1.807, 2.05) is 0 Å². The monoisotopic (exact) mass is 219 g/mol. The Morgan fingerprint density at radius 3 is 2.79 bits per heavy atom. The average Bonchev–Trinajstić information content (AvgIpc) is 2.47. The van der Waals surface area contributed by atoms with E-state index in [9.17, 15) is 4.21 Å². The van der Waals surface area contributed by atoms with Crippen LogP contribution in [-0.2, 0) is 15.5 Å². The fourth-order valence-corrected chi connectivity index (χ4v) is 2.60. The topological polar surface area (TPSA) is 38.3 Å². The van der Waals surface area contributed by atoms with Crippen LogP contribution in [0.15, 0.2) is 0 Å². The summed E-state index contributed by atoms with van der Waals surface area (Å²) < 4.78 is 16.6. The zero-order valence-corrected chi connectivity index (χ0v) is 10.1. The molecule has 0 radical (unpaired) electrons. The molecule has 3 nitrogen and oxygen atoms in total. The fourth-order valence-electron chi connectivity index (χ4n) is 1.78. The molecule has 1 saturated heterocycles. The normalized spacial score (nSPS) is 31.6. The highest BCUT2D eigenvalue weighted by molar-refractivity contribution is 7.84. The van der Waals surface area contributed by atoms with Crippen molar-refractivity contribution in [2.45, 2.75) is 44.9 Å². The summed E-state index contributed by atoms with van der Waals surface area (Å²) >= 11 is 0. The maximum atomic E-state index is 10.9. The Bertz CT molecular complexity index is 199. The first-order chi connectivity index (χ1) is 6.58. The molecule has 4 atom stereocenters. The van der Waals surface area contributed by atoms with Gasteiger partial charge in [0.25, 0.3) is 0 Å². The van der Waals surface area contributed by atoms with E-state index in [1.54, 1.807) is 6.26 Å². The second-order valence-corrected chi connectivity index (χ2v) is 5.67. The second kappa shape index (κ2) is 5.83. The van der Waals surface area contributed by atoms with Crippen molar-refractivity contribution < 1.29 is 8.95 Å². The molecule has 0 amide bonds. The van der Waals surface area contributed by atoms with Crippen LogP contribution in [0.2, 0.25) is 0 Å². The number of hydrogen-bond donors (Lipinski definition) is 1. The van der Waals surface area contributed by atoms with Gasteiger partial charge in [0.2, 0.25) is 0 Å². The van der Waals surface area contributed by atoms with Gasteiger partial charge in [-0.05, 0) is 26.7 Å². The first kappa shape index (κ1) is 12.1. The predicted octanol–water partition coefficient (Wildman–Crippen LogP) is 0.910. The molecule has 4 heteroatoms. The summed E-state index contributed by atoms with van der Waals surface area (Å²) in [6.45, 7) is 5.08. The van der Waals surface area contributed by atoms with Crippen LogP contribution in [0.25, 0.3) is 0 Å². The summed E-state index contributed by atoms with van der Waals surface area (Å²) in [5.41, 5.74) is 0. The van der Waals surface area contributed by atoms with Crippen molar-refractivity contribution in [3.8, 4) is 0 Å². The molecule has 1 aliphatic rings. The Morgan fingerprint density at radius 2 is 2.29 bits per heavy atom. The van der Waals surface area contributed by atoms with Crippen molar-refractivity contribution in [3.63, 3.8) is 0 Å². The van der Waals surface area contributed by atoms with Crippen molar-refractivity contribution >= 4 is 10.8 Å². The van der Waals surface area contributed by atoms with E-state index in [1.165, 1.54) is 6.42 Å². The summed E-state index contributed by atoms with van der Waals surface area (Å²) in [7, 11) is -0.709. The van der Waals surface area contributed by atoms with Gasteiger partial charge in [-0.15, -0.1) is 0 Å². The molecule has 1 fully saturated rings. The maximum Gasteiger partial charge on any atom is 0.0704 e. The van der Waals surface area contributed by atoms with Gasteiger partial charge in [0, 0.05) is 35.4 Å². The van der Waals surface area contributed by atoms with E-state index in [-0.39, 0.29) is 0 Å². The Labute approximate surface area is 89.1 Å². The van der Waals surface area contributed by atoms with Crippen LogP contribution in [0.1, 0.15) is 26.7 Å². The SMILES string of the molecule is CC(CS(C)=O)NCC1CCC(C)O1. The molecule has 0 spiro atoms. The van der Waals surface area contributed by atoms with E-state index < -0.39 is 10.8 Å². The summed E-state index contributed by atoms with van der Waals surface area (Å²) in [4.78, 5) is 0. The zero-order chi connectivity index (χ0) is 10.6. The van der Waals surface area contributed by atoms with Gasteiger partial charge >= 0.3 is 0 Å². The lowest BCUT2D eigenvalue weighted by Crippen LogP contribution is -2.36. The van der Waals surface area contributed by atoms with Gasteiger partial charge in [-0.25, -0.2) is 0 Å². The van der Waals surface area contributed by atoms with Gasteiger partial charge < -0.3 is 10.1 Å². The quantitative estimate of drug-likeness (QED) is 0.747. The van der Waals surface area contributed by atoms with Crippen molar-refractivity contribution in [3.05, 3.63) is 0 Å². The Hall–Kier alpha value is 0.0700. The molecule has 1 heterocycles. The Morgan fingerprint density at radius 1 is 1.57 bits per heavy atom. The summed E-state index contributed by atoms with van der Waals surface area (Å²) in [6, 6.07) is 0.320. The number of ether oxygens (including phenoxy) is 1. The van der Waals surface area contributed by atoms with Gasteiger partial charge in [-0.1, -0.05) is 0 Å². The predicted molar refractivity (Wildman–Crippen MR) is 60.0 cm³/mol. The Kier molecular flexibility index (Phi) is 5.06. The van der Waals surface area contributed by atoms with E-state index in [0.717, 1.165) is 18.7 Å². The summed E-state index contributed by atoms with van der Waals surface area (Å²) in [5.74, 6) is 0.724. The molecule has 1 N–H and O–H groups in total. The highest BCUT2D eigenvalue weighted by atomic mass is 32.2. The summed E-state index contributed by atoms with van der Waals surface area (Å²) in [6.07, 6.45) is 4.83. The Balaban J connectivity index is 2.11. The van der Waals surface area contributed by atoms with Crippen LogP contribution in [0, 0.1) is 0 Å². The molecule has 4 unspecified atom stereocenters. The highest BCUT2D eigenvalue weighted by Gasteiger charge is 2.21. The minimum atomic E-state index is -0.709. The maximum absolute atomic E-state index is 10.9.